The van der Waals surface area contributed by atoms with Gasteiger partial charge >= 0.3 is 0 Å². The monoisotopic (exact) mass is 411 g/mol. The zero-order valence-corrected chi connectivity index (χ0v) is 16.6. The maximum Gasteiger partial charge on any atom is 0.163 e. The summed E-state index contributed by atoms with van der Waals surface area (Å²) in [6.07, 6.45) is 2.07. The zero-order chi connectivity index (χ0) is 20.8. The highest BCUT2D eigenvalue weighted by molar-refractivity contribution is 5.99. The molecule has 3 aliphatic rings. The van der Waals surface area contributed by atoms with Gasteiger partial charge in [0.15, 0.2) is 11.5 Å². The van der Waals surface area contributed by atoms with Crippen LogP contribution in [0, 0.1) is 5.82 Å². The molecule has 3 aliphatic heterocycles. The van der Waals surface area contributed by atoms with Gasteiger partial charge in [-0.1, -0.05) is 30.3 Å². The number of halogens is 1. The van der Waals surface area contributed by atoms with E-state index in [0.717, 1.165) is 39.2 Å². The zero-order valence-electron chi connectivity index (χ0n) is 16.6. The molecule has 0 fully saturated rings. The van der Waals surface area contributed by atoms with Crippen LogP contribution in [0.3, 0.4) is 0 Å². The molecule has 0 aliphatic carbocycles. The molecule has 6 heteroatoms. The van der Waals surface area contributed by atoms with E-state index in [1.165, 1.54) is 17.7 Å². The van der Waals surface area contributed by atoms with Crippen LogP contribution in [0.25, 0.3) is 33.4 Å². The first-order chi connectivity index (χ1) is 15.3. The van der Waals surface area contributed by atoms with Crippen LogP contribution < -0.4 is 9.47 Å². The third kappa shape index (κ3) is 3.08. The predicted molar refractivity (Wildman–Crippen MR) is 116 cm³/mol. The Morgan fingerprint density at radius 2 is 1.55 bits per heavy atom. The van der Waals surface area contributed by atoms with E-state index in [2.05, 4.69) is 33.1 Å². The summed E-state index contributed by atoms with van der Waals surface area (Å²) in [5.74, 6) is 1.17. The molecule has 31 heavy (non-hydrogen) atoms. The van der Waals surface area contributed by atoms with E-state index in [1.54, 1.807) is 12.1 Å². The lowest BCUT2D eigenvalue weighted by molar-refractivity contribution is 0.172. The van der Waals surface area contributed by atoms with E-state index in [-0.39, 0.29) is 5.82 Å². The molecule has 0 spiro atoms. The fourth-order valence-corrected chi connectivity index (χ4v) is 4.10. The van der Waals surface area contributed by atoms with Crippen molar-refractivity contribution in [3.05, 3.63) is 84.3 Å². The van der Waals surface area contributed by atoms with Gasteiger partial charge < -0.3 is 14.0 Å². The SMILES string of the molecule is Fc1ccc(-c2nnc3c4cc5c(cc4n(Cc4ccccc4)cc2-3)OCCO5)cc1. The molecule has 0 unspecified atom stereocenters. The molecule has 0 atom stereocenters. The maximum atomic E-state index is 13.5. The Morgan fingerprint density at radius 3 is 2.32 bits per heavy atom. The number of pyridine rings is 1. The second-order valence-electron chi connectivity index (χ2n) is 7.57. The summed E-state index contributed by atoms with van der Waals surface area (Å²) >= 11 is 0. The Hall–Kier alpha value is -3.93. The van der Waals surface area contributed by atoms with Gasteiger partial charge in [0.25, 0.3) is 0 Å². The smallest absolute Gasteiger partial charge is 0.163 e. The molecule has 3 heterocycles. The molecule has 0 aromatic heterocycles. The van der Waals surface area contributed by atoms with Gasteiger partial charge in [-0.05, 0) is 35.9 Å². The molecule has 0 N–H and O–H groups in total. The Balaban J connectivity index is 1.60. The van der Waals surface area contributed by atoms with Gasteiger partial charge in [-0.2, -0.15) is 0 Å². The number of hydrogen-bond acceptors (Lipinski definition) is 4. The lowest BCUT2D eigenvalue weighted by atomic mass is 10.0. The molecule has 0 saturated heterocycles. The van der Waals surface area contributed by atoms with Crippen LogP contribution in [-0.4, -0.2) is 28.0 Å². The molecule has 0 bridgehead atoms. The largest absolute Gasteiger partial charge is 0.486 e. The van der Waals surface area contributed by atoms with Crippen LogP contribution in [0.15, 0.2) is 72.9 Å². The fraction of sp³-hybridized carbons (Fsp3) is 0.120. The predicted octanol–water partition coefficient (Wildman–Crippen LogP) is 5.16. The molecule has 0 radical (unpaired) electrons. The van der Waals surface area contributed by atoms with Crippen molar-refractivity contribution in [1.29, 1.82) is 0 Å². The molecule has 152 valence electrons. The molecule has 3 aromatic rings. The van der Waals surface area contributed by atoms with Crippen molar-refractivity contribution < 1.29 is 13.9 Å². The minimum absolute atomic E-state index is 0.277. The van der Waals surface area contributed by atoms with Gasteiger partial charge in [0.05, 0.1) is 5.52 Å². The molecular formula is C25H18FN3O2. The van der Waals surface area contributed by atoms with Gasteiger partial charge in [-0.15, -0.1) is 10.2 Å². The van der Waals surface area contributed by atoms with Gasteiger partial charge in [0, 0.05) is 35.3 Å². The molecule has 5 nitrogen and oxygen atoms in total. The standard InChI is InChI=1S/C25H18FN3O2/c26-18-8-6-17(7-9-18)24-20-15-29(14-16-4-2-1-3-5-16)21-13-23-22(30-10-11-31-23)12-19(21)25(20)28-27-24/h1-9,12-13,15H,10-11,14H2. The minimum atomic E-state index is -0.277. The first-order valence-corrected chi connectivity index (χ1v) is 10.1. The normalized spacial score (nSPS) is 13.1. The van der Waals surface area contributed by atoms with Gasteiger partial charge in [-0.3, -0.25) is 0 Å². The van der Waals surface area contributed by atoms with E-state index >= 15 is 0 Å². The first-order valence-electron chi connectivity index (χ1n) is 10.1. The van der Waals surface area contributed by atoms with Crippen LogP contribution in [-0.2, 0) is 6.54 Å². The number of ether oxygens (including phenoxy) is 2. The quantitative estimate of drug-likeness (QED) is 0.411. The average molecular weight is 411 g/mol. The summed E-state index contributed by atoms with van der Waals surface area (Å²) in [7, 11) is 0. The topological polar surface area (TPSA) is 49.2 Å². The molecule has 6 rings (SSSR count). The number of nitrogens with zero attached hydrogens (tertiary/aromatic N) is 3. The van der Waals surface area contributed by atoms with Crippen LogP contribution in [0.1, 0.15) is 5.56 Å². The van der Waals surface area contributed by atoms with E-state index in [9.17, 15) is 4.39 Å². The van der Waals surface area contributed by atoms with E-state index < -0.39 is 0 Å². The lowest BCUT2D eigenvalue weighted by Crippen LogP contribution is -2.15. The van der Waals surface area contributed by atoms with Crippen molar-refractivity contribution in [2.24, 2.45) is 0 Å². The van der Waals surface area contributed by atoms with E-state index in [1.807, 2.05) is 30.3 Å². The van der Waals surface area contributed by atoms with Crippen LogP contribution >= 0.6 is 0 Å². The Morgan fingerprint density at radius 1 is 0.839 bits per heavy atom. The Bertz CT molecular complexity index is 1360. The van der Waals surface area contributed by atoms with Gasteiger partial charge in [0.1, 0.15) is 30.4 Å². The van der Waals surface area contributed by atoms with Crippen LogP contribution in [0.5, 0.6) is 11.5 Å². The first kappa shape index (κ1) is 17.9. The van der Waals surface area contributed by atoms with Crippen molar-refractivity contribution in [2.75, 3.05) is 13.2 Å². The molecular weight excluding hydrogens is 393 g/mol. The second-order valence-corrected chi connectivity index (χ2v) is 7.57. The Labute approximate surface area is 178 Å². The summed E-state index contributed by atoms with van der Waals surface area (Å²) in [5, 5.41) is 9.88. The highest BCUT2D eigenvalue weighted by Gasteiger charge is 2.23. The van der Waals surface area contributed by atoms with Crippen LogP contribution in [0.2, 0.25) is 0 Å². The van der Waals surface area contributed by atoms with E-state index in [0.29, 0.717) is 25.5 Å². The summed E-state index contributed by atoms with van der Waals surface area (Å²) in [5.41, 5.74) is 5.42. The molecule has 0 amide bonds. The third-order valence-electron chi connectivity index (χ3n) is 5.58. The summed E-state index contributed by atoms with van der Waals surface area (Å²) < 4.78 is 27.3. The Kier molecular flexibility index (Phi) is 4.09. The van der Waals surface area contributed by atoms with Gasteiger partial charge in [-0.25, -0.2) is 4.39 Å². The van der Waals surface area contributed by atoms with Crippen molar-refractivity contribution in [3.63, 3.8) is 0 Å². The average Bonchev–Trinajstić information content (AvgIpc) is 3.23. The lowest BCUT2D eigenvalue weighted by Gasteiger charge is -2.21. The number of hydrogen-bond donors (Lipinski definition) is 0. The molecule has 0 saturated carbocycles. The fourth-order valence-electron chi connectivity index (χ4n) is 4.10. The van der Waals surface area contributed by atoms with Crippen molar-refractivity contribution in [2.45, 2.75) is 6.54 Å². The van der Waals surface area contributed by atoms with Crippen LogP contribution in [0.4, 0.5) is 4.39 Å². The maximum absolute atomic E-state index is 13.5. The minimum Gasteiger partial charge on any atom is -0.486 e. The summed E-state index contributed by atoms with van der Waals surface area (Å²) in [6.45, 7) is 1.73. The summed E-state index contributed by atoms with van der Waals surface area (Å²) in [6, 6.07) is 20.6. The van der Waals surface area contributed by atoms with Crippen molar-refractivity contribution in [3.8, 4) is 34.0 Å². The second kappa shape index (κ2) is 7.09. The summed E-state index contributed by atoms with van der Waals surface area (Å²) in [4.78, 5) is 0. The molecule has 3 aromatic carbocycles. The van der Waals surface area contributed by atoms with Gasteiger partial charge in [0.2, 0.25) is 0 Å². The number of benzene rings is 3. The number of rotatable bonds is 3. The van der Waals surface area contributed by atoms with Crippen molar-refractivity contribution in [1.82, 2.24) is 14.8 Å². The number of fused-ring (bicyclic) bond motifs is 4. The third-order valence-corrected chi connectivity index (χ3v) is 5.58. The number of aromatic nitrogens is 3. The highest BCUT2D eigenvalue weighted by Crippen LogP contribution is 2.41. The van der Waals surface area contributed by atoms with E-state index in [4.69, 9.17) is 9.47 Å². The highest BCUT2D eigenvalue weighted by atomic mass is 19.1. The van der Waals surface area contributed by atoms with Crippen molar-refractivity contribution >= 4 is 10.9 Å².